The molecule has 0 bridgehead atoms. The zero-order valence-electron chi connectivity index (χ0n) is 11.6. The van der Waals surface area contributed by atoms with Crippen LogP contribution in [0.1, 0.15) is 20.8 Å². The smallest absolute Gasteiger partial charge is 0.328 e. The third-order valence-corrected chi connectivity index (χ3v) is 3.79. The summed E-state index contributed by atoms with van der Waals surface area (Å²) < 4.78 is 5.06. The molecule has 0 aromatic heterocycles. The summed E-state index contributed by atoms with van der Waals surface area (Å²) in [5.74, 6) is -0.551. The van der Waals surface area contributed by atoms with E-state index in [9.17, 15) is 9.59 Å². The van der Waals surface area contributed by atoms with Gasteiger partial charge in [-0.1, -0.05) is 11.8 Å². The van der Waals surface area contributed by atoms with Crippen molar-refractivity contribution in [1.82, 2.24) is 0 Å². The summed E-state index contributed by atoms with van der Waals surface area (Å²) in [5.41, 5.74) is 4.85. The Kier molecular flexibility index (Phi) is 7.87. The summed E-state index contributed by atoms with van der Waals surface area (Å²) >= 11 is 1.02. The van der Waals surface area contributed by atoms with Gasteiger partial charge in [-0.2, -0.15) is 0 Å². The highest BCUT2D eigenvalue weighted by Crippen LogP contribution is 2.24. The molecule has 5 nitrogen and oxygen atoms in total. The van der Waals surface area contributed by atoms with Gasteiger partial charge in [0.05, 0.1) is 12.0 Å². The van der Waals surface area contributed by atoms with Crippen molar-refractivity contribution in [2.75, 3.05) is 19.0 Å². The van der Waals surface area contributed by atoms with Gasteiger partial charge in [0.2, 0.25) is 6.08 Å². The Balaban J connectivity index is 4.33. The minimum Gasteiger partial charge on any atom is -0.463 e. The maximum Gasteiger partial charge on any atom is 0.328 e. The largest absolute Gasteiger partial charge is 0.463 e. The number of ether oxygens (including phenoxy) is 1. The Labute approximate surface area is 118 Å². The number of hydrogen-bond acceptors (Lipinski definition) is 6. The molecule has 0 amide bonds. The molecule has 2 unspecified atom stereocenters. The molecule has 0 aromatic carbocycles. The second-order valence-electron chi connectivity index (χ2n) is 4.87. The minimum absolute atomic E-state index is 0.0410. The van der Waals surface area contributed by atoms with E-state index in [2.05, 4.69) is 12.7 Å². The van der Waals surface area contributed by atoms with Gasteiger partial charge in [-0.25, -0.2) is 0 Å². The average molecular weight is 288 g/mol. The van der Waals surface area contributed by atoms with Crippen LogP contribution in [0.25, 0.3) is 0 Å². The van der Waals surface area contributed by atoms with Crippen LogP contribution in [0.15, 0.2) is 6.58 Å². The molecule has 2 atom stereocenters. The lowest BCUT2D eigenvalue weighted by molar-refractivity contribution is -0.150. The van der Waals surface area contributed by atoms with Gasteiger partial charge in [-0.15, -0.1) is 0 Å². The highest BCUT2D eigenvalue weighted by molar-refractivity contribution is 8.13. The molecular formula is C13H22NO4S+. The molecule has 0 aliphatic rings. The van der Waals surface area contributed by atoms with Crippen LogP contribution in [0, 0.1) is 17.4 Å². The van der Waals surface area contributed by atoms with Crippen molar-refractivity contribution in [3.05, 3.63) is 12.7 Å². The normalized spacial score (nSPS) is 14.4. The molecule has 0 spiro atoms. The first-order chi connectivity index (χ1) is 8.76. The summed E-state index contributed by atoms with van der Waals surface area (Å²) in [6, 6.07) is -0.825. The predicted octanol–water partition coefficient (Wildman–Crippen LogP) is 0.760. The molecule has 0 saturated heterocycles. The zero-order valence-corrected chi connectivity index (χ0v) is 12.5. The first kappa shape index (κ1) is 18.1. The molecule has 0 radical (unpaired) electrons. The maximum atomic E-state index is 11.8. The first-order valence-corrected chi connectivity index (χ1v) is 6.97. The summed E-state index contributed by atoms with van der Waals surface area (Å²) in [7, 11) is 0. The van der Waals surface area contributed by atoms with Gasteiger partial charge >= 0.3 is 5.97 Å². The van der Waals surface area contributed by atoms with E-state index >= 15 is 0 Å². The second-order valence-corrected chi connectivity index (χ2v) is 5.94. The minimum atomic E-state index is -0.825. The van der Waals surface area contributed by atoms with Crippen LogP contribution in [0.5, 0.6) is 0 Å². The summed E-state index contributed by atoms with van der Waals surface area (Å²) in [6.45, 7) is 8.41. The van der Waals surface area contributed by atoms with Gasteiger partial charge in [-0.05, 0) is 20.8 Å². The molecule has 0 fully saturated rings. The fourth-order valence-corrected chi connectivity index (χ4v) is 1.80. The number of thioether (sulfide) groups is 1. The Morgan fingerprint density at radius 1 is 1.53 bits per heavy atom. The number of aliphatic hydroxyl groups excluding tert-OH is 1. The Morgan fingerprint density at radius 2 is 2.11 bits per heavy atom. The molecular weight excluding hydrogens is 266 g/mol. The molecule has 0 rings (SSSR count). The van der Waals surface area contributed by atoms with Gasteiger partial charge in [0, 0.05) is 5.75 Å². The van der Waals surface area contributed by atoms with Crippen molar-refractivity contribution in [2.45, 2.75) is 26.8 Å². The van der Waals surface area contributed by atoms with Crippen molar-refractivity contribution < 1.29 is 19.4 Å². The van der Waals surface area contributed by atoms with Crippen molar-refractivity contribution in [2.24, 2.45) is 17.1 Å². The molecule has 108 valence electrons. The van der Waals surface area contributed by atoms with Gasteiger partial charge < -0.3 is 15.6 Å². The lowest BCUT2D eigenvalue weighted by atomic mass is 9.97. The van der Waals surface area contributed by atoms with Gasteiger partial charge in [0.15, 0.2) is 17.1 Å². The number of nitrogens with two attached hydrogens (primary N) is 1. The van der Waals surface area contributed by atoms with Crippen LogP contribution in [0.4, 0.5) is 0 Å². The SMILES string of the molecule is C=[C+]C(C)C(N)C(=O)OCC(C)(C)C(=O)SCCO. The van der Waals surface area contributed by atoms with E-state index in [1.807, 2.05) is 0 Å². The second kappa shape index (κ2) is 8.27. The Hall–Kier alpha value is -0.940. The van der Waals surface area contributed by atoms with Gasteiger partial charge in [0.1, 0.15) is 13.2 Å². The Morgan fingerprint density at radius 3 is 2.58 bits per heavy atom. The van der Waals surface area contributed by atoms with Crippen LogP contribution in [-0.4, -0.2) is 41.2 Å². The van der Waals surface area contributed by atoms with Crippen LogP contribution in [0.2, 0.25) is 0 Å². The highest BCUT2D eigenvalue weighted by Gasteiger charge is 2.33. The number of rotatable bonds is 8. The monoisotopic (exact) mass is 288 g/mol. The van der Waals surface area contributed by atoms with Crippen LogP contribution in [0.3, 0.4) is 0 Å². The standard InChI is InChI=1S/C13H22NO4S/c1-5-9(2)10(14)11(16)18-8-13(3,4)12(17)19-7-6-15/h9-10,15H,1,6-8,14H2,2-4H3/q+1. The van der Waals surface area contributed by atoms with Crippen molar-refractivity contribution in [3.63, 3.8) is 0 Å². The molecule has 0 heterocycles. The van der Waals surface area contributed by atoms with E-state index in [-0.39, 0.29) is 24.2 Å². The van der Waals surface area contributed by atoms with Gasteiger partial charge in [-0.3, -0.25) is 9.59 Å². The highest BCUT2D eigenvalue weighted by atomic mass is 32.2. The molecule has 0 aliphatic heterocycles. The summed E-state index contributed by atoms with van der Waals surface area (Å²) in [5, 5.41) is 8.54. The first-order valence-electron chi connectivity index (χ1n) is 5.99. The quantitative estimate of drug-likeness (QED) is 0.506. The molecule has 19 heavy (non-hydrogen) atoms. The van der Waals surface area contributed by atoms with Crippen molar-refractivity contribution in [3.8, 4) is 0 Å². The molecule has 0 aromatic rings. The van der Waals surface area contributed by atoms with E-state index in [4.69, 9.17) is 15.6 Å². The lowest BCUT2D eigenvalue weighted by Gasteiger charge is -2.22. The fraction of sp³-hybridized carbons (Fsp3) is 0.692. The number of aliphatic hydroxyl groups is 1. The van der Waals surface area contributed by atoms with E-state index in [1.165, 1.54) is 0 Å². The predicted molar refractivity (Wildman–Crippen MR) is 75.3 cm³/mol. The topological polar surface area (TPSA) is 89.6 Å². The number of esters is 1. The van der Waals surface area contributed by atoms with Crippen LogP contribution < -0.4 is 5.73 Å². The van der Waals surface area contributed by atoms with Crippen molar-refractivity contribution in [1.29, 1.82) is 0 Å². The third-order valence-electron chi connectivity index (χ3n) is 2.59. The van der Waals surface area contributed by atoms with Crippen LogP contribution in [-0.2, 0) is 14.3 Å². The van der Waals surface area contributed by atoms with E-state index < -0.39 is 17.4 Å². The number of carbonyl (C=O) groups excluding carboxylic acids is 2. The Bertz CT molecular complexity index is 331. The number of carbonyl (C=O) groups is 2. The zero-order chi connectivity index (χ0) is 15.1. The van der Waals surface area contributed by atoms with Crippen LogP contribution >= 0.6 is 11.8 Å². The van der Waals surface area contributed by atoms with E-state index in [1.54, 1.807) is 20.8 Å². The molecule has 0 aliphatic carbocycles. The van der Waals surface area contributed by atoms with E-state index in [0.717, 1.165) is 11.8 Å². The summed E-state index contributed by atoms with van der Waals surface area (Å²) in [4.78, 5) is 23.5. The number of hydrogen-bond donors (Lipinski definition) is 2. The lowest BCUT2D eigenvalue weighted by Crippen LogP contribution is -2.40. The van der Waals surface area contributed by atoms with E-state index in [0.29, 0.717) is 5.75 Å². The fourth-order valence-electron chi connectivity index (χ4n) is 1.07. The van der Waals surface area contributed by atoms with Crippen molar-refractivity contribution >= 4 is 22.8 Å². The maximum absolute atomic E-state index is 11.8. The molecule has 6 heteroatoms. The average Bonchev–Trinajstić information content (AvgIpc) is 2.40. The third kappa shape index (κ3) is 6.16. The van der Waals surface area contributed by atoms with Gasteiger partial charge in [0.25, 0.3) is 0 Å². The molecule has 3 N–H and O–H groups in total. The molecule has 0 saturated carbocycles. The summed E-state index contributed by atoms with van der Waals surface area (Å²) in [6.07, 6.45) is 2.62.